The first kappa shape index (κ1) is 11.4. The van der Waals surface area contributed by atoms with Gasteiger partial charge in [-0.05, 0) is 24.6 Å². The Labute approximate surface area is 101 Å². The van der Waals surface area contributed by atoms with E-state index in [1.54, 1.807) is 12.4 Å². The van der Waals surface area contributed by atoms with Crippen LogP contribution >= 0.6 is 0 Å². The average molecular weight is 229 g/mol. The molecule has 0 bridgehead atoms. The van der Waals surface area contributed by atoms with Crippen LogP contribution in [0.3, 0.4) is 0 Å². The molecule has 0 saturated heterocycles. The first-order chi connectivity index (χ1) is 8.38. The molecule has 4 nitrogen and oxygen atoms in total. The third-order valence-corrected chi connectivity index (χ3v) is 2.14. The van der Waals surface area contributed by atoms with Gasteiger partial charge in [-0.1, -0.05) is 13.0 Å². The van der Waals surface area contributed by atoms with Gasteiger partial charge in [0.2, 0.25) is 5.88 Å². The molecule has 2 aromatic heterocycles. The van der Waals surface area contributed by atoms with Crippen molar-refractivity contribution in [3.63, 3.8) is 0 Å². The van der Waals surface area contributed by atoms with E-state index in [9.17, 15) is 0 Å². The molecule has 0 spiro atoms. The van der Waals surface area contributed by atoms with Crippen molar-refractivity contribution in [1.29, 1.82) is 0 Å². The van der Waals surface area contributed by atoms with Crippen LogP contribution in [0.15, 0.2) is 42.7 Å². The second-order valence-electron chi connectivity index (χ2n) is 3.58. The normalized spacial score (nSPS) is 9.94. The molecule has 2 aromatic rings. The third kappa shape index (κ3) is 3.45. The lowest BCUT2D eigenvalue weighted by Crippen LogP contribution is -2.02. The van der Waals surface area contributed by atoms with Gasteiger partial charge in [0.25, 0.3) is 0 Å². The zero-order valence-corrected chi connectivity index (χ0v) is 9.76. The standard InChI is InChI=1S/C13H15N3O/c1-2-8-15-12-6-3-7-13(16-12)17-11-5-4-9-14-10-11/h3-7,9-10H,2,8H2,1H3,(H,15,16). The first-order valence-corrected chi connectivity index (χ1v) is 5.67. The van der Waals surface area contributed by atoms with Gasteiger partial charge in [0.15, 0.2) is 0 Å². The number of hydrogen-bond acceptors (Lipinski definition) is 4. The Morgan fingerprint density at radius 3 is 2.94 bits per heavy atom. The number of hydrogen-bond donors (Lipinski definition) is 1. The Balaban J connectivity index is 2.06. The molecule has 1 N–H and O–H groups in total. The van der Waals surface area contributed by atoms with E-state index in [1.807, 2.05) is 30.3 Å². The van der Waals surface area contributed by atoms with Gasteiger partial charge in [0, 0.05) is 18.8 Å². The van der Waals surface area contributed by atoms with Gasteiger partial charge in [-0.15, -0.1) is 0 Å². The fourth-order valence-electron chi connectivity index (χ4n) is 1.35. The highest BCUT2D eigenvalue weighted by molar-refractivity contribution is 5.38. The smallest absolute Gasteiger partial charge is 0.221 e. The van der Waals surface area contributed by atoms with E-state index in [2.05, 4.69) is 22.2 Å². The lowest BCUT2D eigenvalue weighted by molar-refractivity contribution is 0.461. The second-order valence-corrected chi connectivity index (χ2v) is 3.58. The van der Waals surface area contributed by atoms with E-state index in [0.29, 0.717) is 11.6 Å². The van der Waals surface area contributed by atoms with E-state index >= 15 is 0 Å². The van der Waals surface area contributed by atoms with Crippen LogP contribution in [0.25, 0.3) is 0 Å². The zero-order valence-electron chi connectivity index (χ0n) is 9.76. The average Bonchev–Trinajstić information content (AvgIpc) is 2.38. The molecular weight excluding hydrogens is 214 g/mol. The molecule has 17 heavy (non-hydrogen) atoms. The molecule has 0 fully saturated rings. The summed E-state index contributed by atoms with van der Waals surface area (Å²) in [7, 11) is 0. The van der Waals surface area contributed by atoms with Crippen LogP contribution in [0.2, 0.25) is 0 Å². The molecule has 0 aromatic carbocycles. The molecule has 2 heterocycles. The summed E-state index contributed by atoms with van der Waals surface area (Å²) in [6.07, 6.45) is 4.43. The predicted molar refractivity (Wildman–Crippen MR) is 67.3 cm³/mol. The molecule has 0 aliphatic carbocycles. The fraction of sp³-hybridized carbons (Fsp3) is 0.231. The van der Waals surface area contributed by atoms with Gasteiger partial charge < -0.3 is 10.1 Å². The lowest BCUT2D eigenvalue weighted by Gasteiger charge is -2.07. The molecular formula is C13H15N3O. The van der Waals surface area contributed by atoms with Crippen molar-refractivity contribution in [2.24, 2.45) is 0 Å². The topological polar surface area (TPSA) is 47.0 Å². The lowest BCUT2D eigenvalue weighted by atomic mass is 10.4. The maximum atomic E-state index is 5.59. The minimum Gasteiger partial charge on any atom is -0.437 e. The number of nitrogens with one attached hydrogen (secondary N) is 1. The summed E-state index contributed by atoms with van der Waals surface area (Å²) in [6.45, 7) is 3.02. The first-order valence-electron chi connectivity index (χ1n) is 5.67. The van der Waals surface area contributed by atoms with Gasteiger partial charge in [0.05, 0.1) is 6.20 Å². The van der Waals surface area contributed by atoms with Crippen LogP contribution in [-0.2, 0) is 0 Å². The number of ether oxygens (including phenoxy) is 1. The molecule has 0 unspecified atom stereocenters. The van der Waals surface area contributed by atoms with Crippen molar-refractivity contribution in [1.82, 2.24) is 9.97 Å². The number of pyridine rings is 2. The highest BCUT2D eigenvalue weighted by Gasteiger charge is 1.99. The number of rotatable bonds is 5. The van der Waals surface area contributed by atoms with Crippen molar-refractivity contribution in [2.45, 2.75) is 13.3 Å². The molecule has 0 aliphatic heterocycles. The van der Waals surface area contributed by atoms with Gasteiger partial charge >= 0.3 is 0 Å². The van der Waals surface area contributed by atoms with Crippen molar-refractivity contribution >= 4 is 5.82 Å². The zero-order chi connectivity index (χ0) is 11.9. The van der Waals surface area contributed by atoms with Crippen LogP contribution in [0.5, 0.6) is 11.6 Å². The summed E-state index contributed by atoms with van der Waals surface area (Å²) in [5.41, 5.74) is 0. The maximum absolute atomic E-state index is 5.59. The van der Waals surface area contributed by atoms with Crippen molar-refractivity contribution in [3.05, 3.63) is 42.7 Å². The Hall–Kier alpha value is -2.10. The highest BCUT2D eigenvalue weighted by Crippen LogP contribution is 2.19. The number of aromatic nitrogens is 2. The molecule has 88 valence electrons. The molecule has 0 aliphatic rings. The molecule has 0 atom stereocenters. The van der Waals surface area contributed by atoms with E-state index in [1.165, 1.54) is 0 Å². The summed E-state index contributed by atoms with van der Waals surface area (Å²) in [5, 5.41) is 3.21. The molecule has 0 saturated carbocycles. The highest BCUT2D eigenvalue weighted by atomic mass is 16.5. The van der Waals surface area contributed by atoms with Crippen molar-refractivity contribution in [3.8, 4) is 11.6 Å². The third-order valence-electron chi connectivity index (χ3n) is 2.14. The van der Waals surface area contributed by atoms with Crippen molar-refractivity contribution in [2.75, 3.05) is 11.9 Å². The summed E-state index contributed by atoms with van der Waals surface area (Å²) < 4.78 is 5.59. The van der Waals surface area contributed by atoms with Gasteiger partial charge in [-0.2, -0.15) is 4.98 Å². The summed E-state index contributed by atoms with van der Waals surface area (Å²) in [5.74, 6) is 2.08. The summed E-state index contributed by atoms with van der Waals surface area (Å²) >= 11 is 0. The van der Waals surface area contributed by atoms with Gasteiger partial charge in [0.1, 0.15) is 11.6 Å². The number of anilines is 1. The minimum absolute atomic E-state index is 0.569. The van der Waals surface area contributed by atoms with E-state index in [4.69, 9.17) is 4.74 Å². The summed E-state index contributed by atoms with van der Waals surface area (Å²) in [6, 6.07) is 9.34. The maximum Gasteiger partial charge on any atom is 0.221 e. The van der Waals surface area contributed by atoms with Gasteiger partial charge in [-0.3, -0.25) is 4.98 Å². The molecule has 4 heteroatoms. The van der Waals surface area contributed by atoms with Crippen molar-refractivity contribution < 1.29 is 4.74 Å². The molecule has 2 rings (SSSR count). The quantitative estimate of drug-likeness (QED) is 0.855. The fourth-order valence-corrected chi connectivity index (χ4v) is 1.35. The van der Waals surface area contributed by atoms with Crippen LogP contribution < -0.4 is 10.1 Å². The van der Waals surface area contributed by atoms with Crippen LogP contribution in [-0.4, -0.2) is 16.5 Å². The van der Waals surface area contributed by atoms with Crippen LogP contribution in [0.1, 0.15) is 13.3 Å². The Morgan fingerprint density at radius 1 is 1.24 bits per heavy atom. The van der Waals surface area contributed by atoms with Crippen LogP contribution in [0.4, 0.5) is 5.82 Å². The van der Waals surface area contributed by atoms with Gasteiger partial charge in [-0.25, -0.2) is 0 Å². The minimum atomic E-state index is 0.569. The summed E-state index contributed by atoms with van der Waals surface area (Å²) in [4.78, 5) is 8.33. The molecule has 0 radical (unpaired) electrons. The largest absolute Gasteiger partial charge is 0.437 e. The molecule has 0 amide bonds. The van der Waals surface area contributed by atoms with E-state index in [0.717, 1.165) is 18.8 Å². The van der Waals surface area contributed by atoms with E-state index in [-0.39, 0.29) is 0 Å². The SMILES string of the molecule is CCCNc1cccc(Oc2cccnc2)n1. The Morgan fingerprint density at radius 2 is 2.18 bits per heavy atom. The predicted octanol–water partition coefficient (Wildman–Crippen LogP) is 3.09. The number of nitrogens with zero attached hydrogens (tertiary/aromatic N) is 2. The second kappa shape index (κ2) is 5.84. The Kier molecular flexibility index (Phi) is 3.91. The monoisotopic (exact) mass is 229 g/mol. The van der Waals surface area contributed by atoms with E-state index < -0.39 is 0 Å². The Bertz CT molecular complexity index is 459. The van der Waals surface area contributed by atoms with Crippen LogP contribution in [0, 0.1) is 0 Å².